The quantitative estimate of drug-likeness (QED) is 0.626. The van der Waals surface area contributed by atoms with E-state index in [-0.39, 0.29) is 10.6 Å². The Labute approximate surface area is 94.8 Å². The smallest absolute Gasteiger partial charge is 0.272 e. The molecule has 1 unspecified atom stereocenters. The Morgan fingerprint density at radius 3 is 2.69 bits per heavy atom. The summed E-state index contributed by atoms with van der Waals surface area (Å²) in [5.41, 5.74) is 1.87. The van der Waals surface area contributed by atoms with Crippen molar-refractivity contribution in [2.75, 3.05) is 5.32 Å². The highest BCUT2D eigenvalue weighted by Gasteiger charge is 2.27. The van der Waals surface area contributed by atoms with Crippen LogP contribution in [-0.2, 0) is 0 Å². The fourth-order valence-corrected chi connectivity index (χ4v) is 1.93. The molecule has 0 amide bonds. The van der Waals surface area contributed by atoms with Gasteiger partial charge in [0.2, 0.25) is 0 Å². The Bertz CT molecular complexity index is 413. The van der Waals surface area contributed by atoms with Gasteiger partial charge in [0, 0.05) is 23.4 Å². The van der Waals surface area contributed by atoms with Gasteiger partial charge in [-0.3, -0.25) is 10.1 Å². The molecule has 4 nitrogen and oxygen atoms in total. The van der Waals surface area contributed by atoms with Crippen LogP contribution in [0.3, 0.4) is 0 Å². The zero-order valence-corrected chi connectivity index (χ0v) is 9.56. The fraction of sp³-hybridized carbons (Fsp3) is 0.500. The topological polar surface area (TPSA) is 55.2 Å². The van der Waals surface area contributed by atoms with Crippen LogP contribution in [0.1, 0.15) is 25.3 Å². The molecule has 1 aliphatic rings. The van der Waals surface area contributed by atoms with Crippen LogP contribution in [0, 0.1) is 23.0 Å². The van der Waals surface area contributed by atoms with Crippen molar-refractivity contribution in [1.29, 1.82) is 0 Å². The van der Waals surface area contributed by atoms with Gasteiger partial charge in [0.15, 0.2) is 0 Å². The molecule has 0 radical (unpaired) electrons. The van der Waals surface area contributed by atoms with Gasteiger partial charge in [-0.15, -0.1) is 0 Å². The maximum Gasteiger partial charge on any atom is 0.272 e. The first kappa shape index (κ1) is 10.9. The summed E-state index contributed by atoms with van der Waals surface area (Å²) in [6.45, 7) is 3.93. The highest BCUT2D eigenvalue weighted by atomic mass is 16.6. The minimum Gasteiger partial charge on any atom is -0.382 e. The van der Waals surface area contributed by atoms with Crippen molar-refractivity contribution in [3.05, 3.63) is 33.9 Å². The average molecular weight is 220 g/mol. The Balaban J connectivity index is 2.10. The van der Waals surface area contributed by atoms with Crippen LogP contribution in [0.25, 0.3) is 0 Å². The summed E-state index contributed by atoms with van der Waals surface area (Å²) in [6.07, 6.45) is 2.58. The monoisotopic (exact) mass is 220 g/mol. The van der Waals surface area contributed by atoms with Gasteiger partial charge < -0.3 is 5.32 Å². The number of hydrogen-bond donors (Lipinski definition) is 1. The molecular formula is C12H16N2O2. The molecule has 86 valence electrons. The Morgan fingerprint density at radius 1 is 1.50 bits per heavy atom. The minimum atomic E-state index is -0.344. The molecule has 1 aliphatic carbocycles. The number of benzene rings is 1. The van der Waals surface area contributed by atoms with Gasteiger partial charge in [0.25, 0.3) is 5.69 Å². The number of hydrogen-bond acceptors (Lipinski definition) is 3. The van der Waals surface area contributed by atoms with Gasteiger partial charge in [-0.25, -0.2) is 0 Å². The highest BCUT2D eigenvalue weighted by Crippen LogP contribution is 2.34. The molecule has 0 aromatic heterocycles. The lowest BCUT2D eigenvalue weighted by Gasteiger charge is -2.14. The van der Waals surface area contributed by atoms with Gasteiger partial charge in [-0.1, -0.05) is 0 Å². The van der Waals surface area contributed by atoms with Crippen LogP contribution in [0.4, 0.5) is 11.4 Å². The van der Waals surface area contributed by atoms with Gasteiger partial charge in [0.1, 0.15) is 0 Å². The summed E-state index contributed by atoms with van der Waals surface area (Å²) in [6, 6.07) is 5.65. The summed E-state index contributed by atoms with van der Waals surface area (Å²) < 4.78 is 0. The van der Waals surface area contributed by atoms with E-state index in [0.717, 1.165) is 11.6 Å². The standard InChI is InChI=1S/C12H16N2O2/c1-8-7-11(5-6-12(8)14(15)16)13-9(2)10-3-4-10/h5-7,9-10,13H,3-4H2,1-2H3. The molecule has 0 heterocycles. The third-order valence-corrected chi connectivity index (χ3v) is 3.12. The molecule has 16 heavy (non-hydrogen) atoms. The normalized spacial score (nSPS) is 16.9. The summed E-state index contributed by atoms with van der Waals surface area (Å²) in [5.74, 6) is 0.774. The lowest BCUT2D eigenvalue weighted by Crippen LogP contribution is -2.17. The number of aryl methyl sites for hydroxylation is 1. The second-order valence-electron chi connectivity index (χ2n) is 4.53. The van der Waals surface area contributed by atoms with Gasteiger partial charge in [-0.2, -0.15) is 0 Å². The summed E-state index contributed by atoms with van der Waals surface area (Å²) in [5, 5.41) is 14.0. The van der Waals surface area contributed by atoms with Gasteiger partial charge in [-0.05, 0) is 44.7 Å². The number of anilines is 1. The van der Waals surface area contributed by atoms with Crippen LogP contribution in [-0.4, -0.2) is 11.0 Å². The van der Waals surface area contributed by atoms with E-state index in [1.807, 2.05) is 6.07 Å². The van der Waals surface area contributed by atoms with Crippen molar-refractivity contribution in [2.24, 2.45) is 5.92 Å². The predicted molar refractivity (Wildman–Crippen MR) is 63.6 cm³/mol. The van der Waals surface area contributed by atoms with Crippen molar-refractivity contribution in [3.8, 4) is 0 Å². The van der Waals surface area contributed by atoms with Crippen LogP contribution >= 0.6 is 0 Å². The summed E-state index contributed by atoms with van der Waals surface area (Å²) in [7, 11) is 0. The second kappa shape index (κ2) is 4.12. The molecule has 0 aliphatic heterocycles. The largest absolute Gasteiger partial charge is 0.382 e. The van der Waals surface area contributed by atoms with Gasteiger partial charge >= 0.3 is 0 Å². The first-order valence-corrected chi connectivity index (χ1v) is 5.59. The second-order valence-corrected chi connectivity index (χ2v) is 4.53. The zero-order chi connectivity index (χ0) is 11.7. The Hall–Kier alpha value is -1.58. The van der Waals surface area contributed by atoms with Crippen molar-refractivity contribution >= 4 is 11.4 Å². The van der Waals surface area contributed by atoms with E-state index in [2.05, 4.69) is 12.2 Å². The molecule has 0 bridgehead atoms. The van der Waals surface area contributed by atoms with E-state index >= 15 is 0 Å². The number of rotatable bonds is 4. The molecule has 0 spiro atoms. The molecule has 1 aromatic carbocycles. The van der Waals surface area contributed by atoms with Crippen LogP contribution in [0.5, 0.6) is 0 Å². The molecule has 1 N–H and O–H groups in total. The molecule has 1 fully saturated rings. The molecule has 1 saturated carbocycles. The van der Waals surface area contributed by atoms with Crippen molar-refractivity contribution in [2.45, 2.75) is 32.7 Å². The maximum atomic E-state index is 10.7. The maximum absolute atomic E-state index is 10.7. The Kier molecular flexibility index (Phi) is 2.81. The minimum absolute atomic E-state index is 0.185. The summed E-state index contributed by atoms with van der Waals surface area (Å²) >= 11 is 0. The summed E-state index contributed by atoms with van der Waals surface area (Å²) in [4.78, 5) is 10.3. The average Bonchev–Trinajstić information content (AvgIpc) is 2.99. The van der Waals surface area contributed by atoms with E-state index < -0.39 is 0 Å². The van der Waals surface area contributed by atoms with Crippen molar-refractivity contribution in [1.82, 2.24) is 0 Å². The lowest BCUT2D eigenvalue weighted by molar-refractivity contribution is -0.385. The van der Waals surface area contributed by atoms with Crippen LogP contribution in [0.15, 0.2) is 18.2 Å². The number of nitro groups is 1. The van der Waals surface area contributed by atoms with E-state index in [4.69, 9.17) is 0 Å². The number of nitrogens with zero attached hydrogens (tertiary/aromatic N) is 1. The van der Waals surface area contributed by atoms with E-state index in [9.17, 15) is 10.1 Å². The third kappa shape index (κ3) is 2.32. The number of nitro benzene ring substituents is 1. The first-order valence-electron chi connectivity index (χ1n) is 5.59. The van der Waals surface area contributed by atoms with E-state index in [1.165, 1.54) is 12.8 Å². The van der Waals surface area contributed by atoms with Crippen molar-refractivity contribution in [3.63, 3.8) is 0 Å². The predicted octanol–water partition coefficient (Wildman–Crippen LogP) is 3.11. The van der Waals surface area contributed by atoms with Crippen molar-refractivity contribution < 1.29 is 4.92 Å². The molecule has 1 atom stereocenters. The highest BCUT2D eigenvalue weighted by molar-refractivity contribution is 5.54. The van der Waals surface area contributed by atoms with E-state index in [1.54, 1.807) is 19.1 Å². The number of nitrogens with one attached hydrogen (secondary N) is 1. The van der Waals surface area contributed by atoms with Crippen LogP contribution in [0.2, 0.25) is 0 Å². The van der Waals surface area contributed by atoms with Crippen LogP contribution < -0.4 is 5.32 Å². The van der Waals surface area contributed by atoms with E-state index in [0.29, 0.717) is 11.6 Å². The zero-order valence-electron chi connectivity index (χ0n) is 9.56. The fourth-order valence-electron chi connectivity index (χ4n) is 1.93. The first-order chi connectivity index (χ1) is 7.58. The molecule has 4 heteroatoms. The molecular weight excluding hydrogens is 204 g/mol. The molecule has 0 saturated heterocycles. The molecule has 1 aromatic rings. The SMILES string of the molecule is Cc1cc(NC(C)C2CC2)ccc1[N+](=O)[O-]. The Morgan fingerprint density at radius 2 is 2.19 bits per heavy atom. The third-order valence-electron chi connectivity index (χ3n) is 3.12. The molecule has 2 rings (SSSR count). The lowest BCUT2D eigenvalue weighted by atomic mass is 10.1. The van der Waals surface area contributed by atoms with Gasteiger partial charge in [0.05, 0.1) is 4.92 Å².